The third-order valence-electron chi connectivity index (χ3n) is 2.99. The molecule has 17 heavy (non-hydrogen) atoms. The van der Waals surface area contributed by atoms with Gasteiger partial charge in [0.25, 0.3) is 0 Å². The summed E-state index contributed by atoms with van der Waals surface area (Å²) in [5, 5.41) is 16.0. The quantitative estimate of drug-likeness (QED) is 0.622. The van der Waals surface area contributed by atoms with E-state index in [0.717, 1.165) is 38.2 Å². The highest BCUT2D eigenvalue weighted by atomic mass is 32.1. The van der Waals surface area contributed by atoms with Crippen molar-refractivity contribution in [3.8, 4) is 0 Å². The molecule has 0 aliphatic carbocycles. The van der Waals surface area contributed by atoms with Crippen molar-refractivity contribution in [1.82, 2.24) is 10.2 Å². The Morgan fingerprint density at radius 2 is 2.41 bits per heavy atom. The van der Waals surface area contributed by atoms with Gasteiger partial charge in [0, 0.05) is 37.1 Å². The molecule has 2 heterocycles. The van der Waals surface area contributed by atoms with Gasteiger partial charge in [-0.2, -0.15) is 0 Å². The van der Waals surface area contributed by atoms with Gasteiger partial charge < -0.3 is 5.32 Å². The van der Waals surface area contributed by atoms with Crippen molar-refractivity contribution in [3.63, 3.8) is 0 Å². The molecular weight excluding hydrogens is 238 g/mol. The predicted molar refractivity (Wildman–Crippen MR) is 68.3 cm³/mol. The summed E-state index contributed by atoms with van der Waals surface area (Å²) in [5.41, 5.74) is 1.06. The predicted octanol–water partition coefficient (Wildman–Crippen LogP) is 1.84. The maximum Gasteiger partial charge on any atom is 0.324 e. The number of thiophene rings is 1. The first kappa shape index (κ1) is 12.5. The second kappa shape index (κ2) is 5.57. The number of nitrogens with zero attached hydrogens (tertiary/aromatic N) is 2. The summed E-state index contributed by atoms with van der Waals surface area (Å²) in [6.07, 6.45) is 1.11. The van der Waals surface area contributed by atoms with Crippen LogP contribution in [0, 0.1) is 10.1 Å². The molecule has 0 bridgehead atoms. The van der Waals surface area contributed by atoms with Gasteiger partial charge in [-0.25, -0.2) is 0 Å². The summed E-state index contributed by atoms with van der Waals surface area (Å²) in [4.78, 5) is 12.7. The molecule has 0 amide bonds. The minimum absolute atomic E-state index is 0.239. The molecule has 0 atom stereocenters. The standard InChI is InChI=1S/C11H17N3O2S/c1-2-3-13(10-5-12-6-10)7-9-4-11(14(15)16)17-8-9/h4,8,10,12H,2-3,5-7H2,1H3. The highest BCUT2D eigenvalue weighted by Gasteiger charge is 2.24. The third-order valence-corrected chi connectivity index (χ3v) is 3.92. The maximum atomic E-state index is 10.6. The zero-order chi connectivity index (χ0) is 12.3. The number of hydrogen-bond donors (Lipinski definition) is 1. The van der Waals surface area contributed by atoms with Crippen LogP contribution < -0.4 is 5.32 Å². The molecule has 0 aromatic carbocycles. The van der Waals surface area contributed by atoms with E-state index in [1.54, 1.807) is 6.07 Å². The molecule has 5 nitrogen and oxygen atoms in total. The van der Waals surface area contributed by atoms with Crippen LogP contribution in [0.1, 0.15) is 18.9 Å². The molecular formula is C11H17N3O2S. The lowest BCUT2D eigenvalue weighted by Gasteiger charge is -2.38. The molecule has 1 saturated heterocycles. The van der Waals surface area contributed by atoms with Crippen molar-refractivity contribution in [3.05, 3.63) is 27.1 Å². The zero-order valence-electron chi connectivity index (χ0n) is 9.89. The van der Waals surface area contributed by atoms with Crippen molar-refractivity contribution >= 4 is 16.3 Å². The van der Waals surface area contributed by atoms with E-state index in [2.05, 4.69) is 17.1 Å². The Morgan fingerprint density at radius 1 is 1.65 bits per heavy atom. The van der Waals surface area contributed by atoms with Crippen molar-refractivity contribution in [2.24, 2.45) is 0 Å². The van der Waals surface area contributed by atoms with Gasteiger partial charge in [0.05, 0.1) is 4.92 Å². The summed E-state index contributed by atoms with van der Waals surface area (Å²) in [5.74, 6) is 0. The Hall–Kier alpha value is -0.980. The fraction of sp³-hybridized carbons (Fsp3) is 0.636. The van der Waals surface area contributed by atoms with E-state index in [0.29, 0.717) is 6.04 Å². The van der Waals surface area contributed by atoms with Gasteiger partial charge in [0.2, 0.25) is 0 Å². The minimum Gasteiger partial charge on any atom is -0.314 e. The highest BCUT2D eigenvalue weighted by molar-refractivity contribution is 7.13. The molecule has 1 aliphatic rings. The van der Waals surface area contributed by atoms with Crippen LogP contribution in [0.25, 0.3) is 0 Å². The summed E-state index contributed by atoms with van der Waals surface area (Å²) in [6.45, 7) is 6.11. The largest absolute Gasteiger partial charge is 0.324 e. The van der Waals surface area contributed by atoms with Crippen molar-refractivity contribution in [1.29, 1.82) is 0 Å². The minimum atomic E-state index is -0.316. The van der Waals surface area contributed by atoms with Crippen LogP contribution in [-0.2, 0) is 6.54 Å². The number of nitrogens with one attached hydrogen (secondary N) is 1. The van der Waals surface area contributed by atoms with E-state index in [1.807, 2.05) is 5.38 Å². The van der Waals surface area contributed by atoms with Gasteiger partial charge in [0.1, 0.15) is 0 Å². The maximum absolute atomic E-state index is 10.6. The molecule has 1 aromatic heterocycles. The van der Waals surface area contributed by atoms with Crippen LogP contribution in [0.3, 0.4) is 0 Å². The van der Waals surface area contributed by atoms with E-state index in [1.165, 1.54) is 11.3 Å². The molecule has 0 saturated carbocycles. The molecule has 1 fully saturated rings. The van der Waals surface area contributed by atoms with Crippen LogP contribution in [0.4, 0.5) is 5.00 Å². The fourth-order valence-electron chi connectivity index (χ4n) is 1.99. The Bertz CT molecular complexity index is 390. The first-order valence-corrected chi connectivity index (χ1v) is 6.75. The van der Waals surface area contributed by atoms with Crippen LogP contribution >= 0.6 is 11.3 Å². The Kier molecular flexibility index (Phi) is 4.09. The van der Waals surface area contributed by atoms with E-state index in [-0.39, 0.29) is 9.92 Å². The lowest BCUT2D eigenvalue weighted by Crippen LogP contribution is -2.56. The van der Waals surface area contributed by atoms with Crippen molar-refractivity contribution in [2.45, 2.75) is 25.9 Å². The van der Waals surface area contributed by atoms with Crippen LogP contribution in [0.15, 0.2) is 11.4 Å². The first-order chi connectivity index (χ1) is 8.20. The van der Waals surface area contributed by atoms with Gasteiger partial charge in [-0.15, -0.1) is 0 Å². The van der Waals surface area contributed by atoms with Gasteiger partial charge in [-0.3, -0.25) is 15.0 Å². The SMILES string of the molecule is CCCN(Cc1csc([N+](=O)[O-])c1)C1CNC1. The van der Waals surface area contributed by atoms with Crippen molar-refractivity contribution in [2.75, 3.05) is 19.6 Å². The molecule has 1 aromatic rings. The van der Waals surface area contributed by atoms with Crippen LogP contribution in [0.2, 0.25) is 0 Å². The molecule has 0 unspecified atom stereocenters. The summed E-state index contributed by atoms with van der Waals surface area (Å²) in [7, 11) is 0. The lowest BCUT2D eigenvalue weighted by molar-refractivity contribution is -0.380. The molecule has 2 rings (SSSR count). The highest BCUT2D eigenvalue weighted by Crippen LogP contribution is 2.24. The van der Waals surface area contributed by atoms with Crippen LogP contribution in [-0.4, -0.2) is 35.5 Å². The molecule has 6 heteroatoms. The second-order valence-electron chi connectivity index (χ2n) is 4.33. The fourth-order valence-corrected chi connectivity index (χ4v) is 2.71. The van der Waals surface area contributed by atoms with E-state index < -0.39 is 0 Å². The average molecular weight is 255 g/mol. The summed E-state index contributed by atoms with van der Waals surface area (Å²) >= 11 is 1.21. The number of rotatable bonds is 6. The average Bonchev–Trinajstić information content (AvgIpc) is 2.64. The molecule has 0 radical (unpaired) electrons. The smallest absolute Gasteiger partial charge is 0.314 e. The van der Waals surface area contributed by atoms with Crippen molar-refractivity contribution < 1.29 is 4.92 Å². The molecule has 1 N–H and O–H groups in total. The Labute approximate surface area is 105 Å². The van der Waals surface area contributed by atoms with E-state index in [9.17, 15) is 10.1 Å². The summed E-state index contributed by atoms with van der Waals surface area (Å²) in [6, 6.07) is 2.29. The van der Waals surface area contributed by atoms with E-state index >= 15 is 0 Å². The van der Waals surface area contributed by atoms with Gasteiger partial charge in [-0.1, -0.05) is 18.3 Å². The monoisotopic (exact) mass is 255 g/mol. The molecule has 1 aliphatic heterocycles. The number of nitro groups is 1. The second-order valence-corrected chi connectivity index (χ2v) is 5.22. The molecule has 94 valence electrons. The van der Waals surface area contributed by atoms with Gasteiger partial charge in [0.15, 0.2) is 0 Å². The van der Waals surface area contributed by atoms with E-state index in [4.69, 9.17) is 0 Å². The number of hydrogen-bond acceptors (Lipinski definition) is 5. The Morgan fingerprint density at radius 3 is 2.88 bits per heavy atom. The molecule has 0 spiro atoms. The topological polar surface area (TPSA) is 58.4 Å². The van der Waals surface area contributed by atoms with Crippen LogP contribution in [0.5, 0.6) is 0 Å². The normalized spacial score (nSPS) is 16.1. The first-order valence-electron chi connectivity index (χ1n) is 5.87. The Balaban J connectivity index is 1.98. The van der Waals surface area contributed by atoms with Gasteiger partial charge in [-0.05, 0) is 18.5 Å². The summed E-state index contributed by atoms with van der Waals surface area (Å²) < 4.78 is 0. The third kappa shape index (κ3) is 3.02. The lowest BCUT2D eigenvalue weighted by atomic mass is 10.1. The van der Waals surface area contributed by atoms with Gasteiger partial charge >= 0.3 is 5.00 Å². The zero-order valence-corrected chi connectivity index (χ0v) is 10.7.